The number of allylic oxidation sites excluding steroid dienone is 2. The van der Waals surface area contributed by atoms with Crippen LogP contribution in [-0.4, -0.2) is 24.4 Å². The molecule has 0 rings (SSSR count). The van der Waals surface area contributed by atoms with Gasteiger partial charge in [-0.3, -0.25) is 0 Å². The molecule has 2 heteroatoms. The number of aliphatic hydroxyl groups is 1. The number of ether oxygens (including phenoxy) is 1. The molecule has 0 amide bonds. The van der Waals surface area contributed by atoms with Crippen LogP contribution in [0.1, 0.15) is 20.8 Å². The van der Waals surface area contributed by atoms with Crippen molar-refractivity contribution in [2.75, 3.05) is 13.2 Å². The first-order valence-electron chi connectivity index (χ1n) is 4.97. The molecule has 0 aliphatic heterocycles. The third-order valence-electron chi connectivity index (χ3n) is 1.41. The Morgan fingerprint density at radius 3 is 2.36 bits per heavy atom. The van der Waals surface area contributed by atoms with E-state index >= 15 is 0 Å². The SMILES string of the molecule is C=C/C=C(\C=C)C(O)COCC.CC. The minimum Gasteiger partial charge on any atom is -0.386 e. The Morgan fingerprint density at radius 2 is 2.00 bits per heavy atom. The van der Waals surface area contributed by atoms with Gasteiger partial charge in [-0.25, -0.2) is 0 Å². The summed E-state index contributed by atoms with van der Waals surface area (Å²) in [6, 6.07) is 0. The van der Waals surface area contributed by atoms with Gasteiger partial charge < -0.3 is 9.84 Å². The topological polar surface area (TPSA) is 29.5 Å². The fraction of sp³-hybridized carbons (Fsp3) is 0.500. The van der Waals surface area contributed by atoms with Crippen molar-refractivity contribution in [3.8, 4) is 0 Å². The third kappa shape index (κ3) is 7.77. The molecule has 0 spiro atoms. The molecular formula is C12H22O2. The lowest BCUT2D eigenvalue weighted by atomic mass is 10.1. The van der Waals surface area contributed by atoms with Gasteiger partial charge in [-0.05, 0) is 12.5 Å². The molecule has 1 unspecified atom stereocenters. The van der Waals surface area contributed by atoms with Gasteiger partial charge in [-0.2, -0.15) is 0 Å². The van der Waals surface area contributed by atoms with Gasteiger partial charge in [0.15, 0.2) is 0 Å². The largest absolute Gasteiger partial charge is 0.386 e. The standard InChI is InChI=1S/C10H16O2.C2H6/c1-4-7-9(5-2)10(11)8-12-6-3;1-2/h4-5,7,10-11H,1-2,6,8H2,3H3;1-2H3/b9-7+;. The molecule has 0 heterocycles. The number of aliphatic hydroxyl groups excluding tert-OH is 1. The van der Waals surface area contributed by atoms with E-state index in [1.54, 1.807) is 18.2 Å². The molecule has 0 aliphatic carbocycles. The summed E-state index contributed by atoms with van der Waals surface area (Å²) in [7, 11) is 0. The molecule has 14 heavy (non-hydrogen) atoms. The monoisotopic (exact) mass is 198 g/mol. The van der Waals surface area contributed by atoms with Crippen molar-refractivity contribution in [1.82, 2.24) is 0 Å². The van der Waals surface area contributed by atoms with Crippen molar-refractivity contribution in [2.24, 2.45) is 0 Å². The molecule has 0 saturated carbocycles. The lowest BCUT2D eigenvalue weighted by Crippen LogP contribution is -2.16. The van der Waals surface area contributed by atoms with Crippen molar-refractivity contribution < 1.29 is 9.84 Å². The van der Waals surface area contributed by atoms with Gasteiger partial charge in [0.2, 0.25) is 0 Å². The van der Waals surface area contributed by atoms with E-state index < -0.39 is 6.10 Å². The number of rotatable bonds is 6. The van der Waals surface area contributed by atoms with Gasteiger partial charge in [0, 0.05) is 6.61 Å². The molecule has 0 saturated heterocycles. The van der Waals surface area contributed by atoms with Crippen LogP contribution in [-0.2, 0) is 4.74 Å². The highest BCUT2D eigenvalue weighted by Gasteiger charge is 2.05. The maximum Gasteiger partial charge on any atom is 0.102 e. The number of hydrogen-bond acceptors (Lipinski definition) is 2. The van der Waals surface area contributed by atoms with Crippen LogP contribution in [0, 0.1) is 0 Å². The Bertz CT molecular complexity index is 171. The predicted molar refractivity (Wildman–Crippen MR) is 62.3 cm³/mol. The lowest BCUT2D eigenvalue weighted by molar-refractivity contribution is 0.0629. The first-order valence-corrected chi connectivity index (χ1v) is 4.97. The van der Waals surface area contributed by atoms with Crippen LogP contribution in [0.3, 0.4) is 0 Å². The van der Waals surface area contributed by atoms with Crippen LogP contribution >= 0.6 is 0 Å². The molecule has 0 fully saturated rings. The van der Waals surface area contributed by atoms with E-state index in [0.717, 1.165) is 5.57 Å². The summed E-state index contributed by atoms with van der Waals surface area (Å²) < 4.78 is 5.05. The second kappa shape index (κ2) is 12.1. The summed E-state index contributed by atoms with van der Waals surface area (Å²) in [5, 5.41) is 9.46. The van der Waals surface area contributed by atoms with Crippen LogP contribution in [0.5, 0.6) is 0 Å². The Morgan fingerprint density at radius 1 is 1.43 bits per heavy atom. The number of hydrogen-bond donors (Lipinski definition) is 1. The van der Waals surface area contributed by atoms with Crippen LogP contribution in [0.4, 0.5) is 0 Å². The van der Waals surface area contributed by atoms with Crippen molar-refractivity contribution >= 4 is 0 Å². The summed E-state index contributed by atoms with van der Waals surface area (Å²) in [6.45, 7) is 13.9. The minimum absolute atomic E-state index is 0.308. The van der Waals surface area contributed by atoms with Crippen molar-refractivity contribution in [2.45, 2.75) is 26.9 Å². The normalized spacial score (nSPS) is 12.4. The zero-order valence-electron chi connectivity index (χ0n) is 9.49. The van der Waals surface area contributed by atoms with Crippen LogP contribution in [0.2, 0.25) is 0 Å². The zero-order chi connectivity index (χ0) is 11.4. The second-order valence-corrected chi connectivity index (χ2v) is 2.28. The summed E-state index contributed by atoms with van der Waals surface area (Å²) in [5.74, 6) is 0. The molecule has 0 radical (unpaired) electrons. The van der Waals surface area contributed by atoms with Crippen LogP contribution in [0.25, 0.3) is 0 Å². The van der Waals surface area contributed by atoms with Crippen molar-refractivity contribution in [3.63, 3.8) is 0 Å². The van der Waals surface area contributed by atoms with E-state index in [9.17, 15) is 5.11 Å². The average molecular weight is 198 g/mol. The minimum atomic E-state index is -0.597. The average Bonchev–Trinajstić information content (AvgIpc) is 2.25. The summed E-state index contributed by atoms with van der Waals surface area (Å²) in [6.07, 6.45) is 4.34. The van der Waals surface area contributed by atoms with E-state index in [1.807, 2.05) is 20.8 Å². The third-order valence-corrected chi connectivity index (χ3v) is 1.41. The molecule has 0 aromatic rings. The van der Waals surface area contributed by atoms with E-state index in [2.05, 4.69) is 13.2 Å². The highest BCUT2D eigenvalue weighted by molar-refractivity contribution is 5.24. The van der Waals surface area contributed by atoms with Gasteiger partial charge in [-0.1, -0.05) is 45.2 Å². The molecule has 0 aromatic carbocycles. The second-order valence-electron chi connectivity index (χ2n) is 2.28. The highest BCUT2D eigenvalue weighted by Crippen LogP contribution is 2.04. The lowest BCUT2D eigenvalue weighted by Gasteiger charge is -2.10. The van der Waals surface area contributed by atoms with Crippen molar-refractivity contribution in [3.05, 3.63) is 37.0 Å². The first-order chi connectivity index (χ1) is 6.76. The molecule has 0 aromatic heterocycles. The van der Waals surface area contributed by atoms with E-state index in [-0.39, 0.29) is 0 Å². The molecule has 82 valence electrons. The van der Waals surface area contributed by atoms with Gasteiger partial charge in [0.25, 0.3) is 0 Å². The van der Waals surface area contributed by atoms with E-state index in [4.69, 9.17) is 4.74 Å². The maximum absolute atomic E-state index is 9.46. The Labute approximate surface area is 87.6 Å². The highest BCUT2D eigenvalue weighted by atomic mass is 16.5. The zero-order valence-corrected chi connectivity index (χ0v) is 9.49. The summed E-state index contributed by atoms with van der Waals surface area (Å²) in [4.78, 5) is 0. The Balaban J connectivity index is 0. The first kappa shape index (κ1) is 15.6. The fourth-order valence-corrected chi connectivity index (χ4v) is 0.777. The molecule has 0 aliphatic rings. The Kier molecular flexibility index (Phi) is 13.5. The van der Waals surface area contributed by atoms with Crippen molar-refractivity contribution in [1.29, 1.82) is 0 Å². The van der Waals surface area contributed by atoms with Gasteiger partial charge >= 0.3 is 0 Å². The van der Waals surface area contributed by atoms with Gasteiger partial charge in [0.05, 0.1) is 6.61 Å². The van der Waals surface area contributed by atoms with Crippen LogP contribution < -0.4 is 0 Å². The smallest absolute Gasteiger partial charge is 0.102 e. The van der Waals surface area contributed by atoms with Crippen LogP contribution in [0.15, 0.2) is 37.0 Å². The molecular weight excluding hydrogens is 176 g/mol. The molecule has 0 bridgehead atoms. The molecule has 1 N–H and O–H groups in total. The Hall–Kier alpha value is -0.860. The van der Waals surface area contributed by atoms with Gasteiger partial charge in [-0.15, -0.1) is 0 Å². The quantitative estimate of drug-likeness (QED) is 0.665. The molecule has 2 nitrogen and oxygen atoms in total. The maximum atomic E-state index is 9.46. The summed E-state index contributed by atoms with van der Waals surface area (Å²) in [5.41, 5.74) is 0.735. The molecule has 1 atom stereocenters. The summed E-state index contributed by atoms with van der Waals surface area (Å²) >= 11 is 0. The van der Waals surface area contributed by atoms with E-state index in [1.165, 1.54) is 0 Å². The van der Waals surface area contributed by atoms with E-state index in [0.29, 0.717) is 13.2 Å². The fourth-order valence-electron chi connectivity index (χ4n) is 0.777. The predicted octanol–water partition coefficient (Wildman–Crippen LogP) is 2.71. The van der Waals surface area contributed by atoms with Gasteiger partial charge in [0.1, 0.15) is 6.10 Å².